The predicted octanol–water partition coefficient (Wildman–Crippen LogP) is 3.49. The number of aromatic nitrogens is 1. The Labute approximate surface area is 175 Å². The van der Waals surface area contributed by atoms with Gasteiger partial charge in [0, 0.05) is 48.1 Å². The summed E-state index contributed by atoms with van der Waals surface area (Å²) < 4.78 is 30.0. The summed E-state index contributed by atoms with van der Waals surface area (Å²) in [6.07, 6.45) is 2.61. The third-order valence-corrected chi connectivity index (χ3v) is 7.23. The van der Waals surface area contributed by atoms with Crippen LogP contribution in [0.2, 0.25) is 0 Å². The lowest BCUT2D eigenvalue weighted by atomic mass is 10.1. The Morgan fingerprint density at radius 2 is 2.04 bits per heavy atom. The van der Waals surface area contributed by atoms with Gasteiger partial charge in [-0.1, -0.05) is 19.1 Å². The highest BCUT2D eigenvalue weighted by Crippen LogP contribution is 2.36. The first-order chi connectivity index (χ1) is 13.1. The second-order valence-corrected chi connectivity index (χ2v) is 9.07. The number of hydrogen-bond acceptors (Lipinski definition) is 6. The first kappa shape index (κ1) is 20.9. The molecule has 4 rings (SSSR count). The normalized spacial score (nSPS) is 14.7. The van der Waals surface area contributed by atoms with E-state index < -0.39 is 10.0 Å². The van der Waals surface area contributed by atoms with Crippen molar-refractivity contribution in [1.29, 1.82) is 0 Å². The summed E-state index contributed by atoms with van der Waals surface area (Å²) in [6.45, 7) is 5.41. The highest BCUT2D eigenvalue weighted by molar-refractivity contribution is 7.93. The topological polar surface area (TPSA) is 74.3 Å². The number of sulfonamides is 1. The third kappa shape index (κ3) is 4.10. The van der Waals surface area contributed by atoms with E-state index in [9.17, 15) is 8.42 Å². The van der Waals surface area contributed by atoms with Gasteiger partial charge in [0.15, 0.2) is 0 Å². The van der Waals surface area contributed by atoms with Crippen LogP contribution in [0.5, 0.6) is 0 Å². The number of pyridine rings is 1. The van der Waals surface area contributed by atoms with Crippen LogP contribution < -0.4 is 14.9 Å². The third-order valence-electron chi connectivity index (χ3n) is 4.73. The molecule has 0 saturated carbocycles. The molecule has 6 nitrogen and oxygen atoms in total. The zero-order chi connectivity index (χ0) is 18.9. The summed E-state index contributed by atoms with van der Waals surface area (Å²) in [6, 6.07) is 9.39. The molecule has 28 heavy (non-hydrogen) atoms. The number of anilines is 2. The van der Waals surface area contributed by atoms with Crippen molar-refractivity contribution >= 4 is 55.4 Å². The van der Waals surface area contributed by atoms with Crippen LogP contribution in [-0.2, 0) is 16.4 Å². The molecule has 1 fully saturated rings. The average molecular weight is 439 g/mol. The summed E-state index contributed by atoms with van der Waals surface area (Å²) in [7, 11) is -3.70. The fourth-order valence-corrected chi connectivity index (χ4v) is 5.86. The van der Waals surface area contributed by atoms with E-state index in [4.69, 9.17) is 0 Å². The molecule has 1 aliphatic heterocycles. The minimum absolute atomic E-state index is 0. The maximum absolute atomic E-state index is 13.1. The summed E-state index contributed by atoms with van der Waals surface area (Å²) >= 11 is 1.44. The van der Waals surface area contributed by atoms with E-state index in [0.29, 0.717) is 16.0 Å². The zero-order valence-electron chi connectivity index (χ0n) is 15.5. The number of hydrogen-bond donors (Lipinski definition) is 2. The van der Waals surface area contributed by atoms with Gasteiger partial charge in [0.2, 0.25) is 0 Å². The number of rotatable bonds is 5. The molecule has 3 aromatic rings. The smallest absolute Gasteiger partial charge is 0.263 e. The number of thiophene rings is 1. The van der Waals surface area contributed by atoms with E-state index in [-0.39, 0.29) is 12.4 Å². The zero-order valence-corrected chi connectivity index (χ0v) is 18.0. The fraction of sp³-hybridized carbons (Fsp3) is 0.316. The number of nitrogens with one attached hydrogen (secondary N) is 2. The molecule has 1 aliphatic rings. The van der Waals surface area contributed by atoms with E-state index in [1.165, 1.54) is 11.3 Å². The lowest BCUT2D eigenvalue weighted by molar-refractivity contribution is 0.586. The van der Waals surface area contributed by atoms with Crippen molar-refractivity contribution in [2.45, 2.75) is 18.2 Å². The molecule has 0 radical (unpaired) electrons. The van der Waals surface area contributed by atoms with Crippen LogP contribution in [-0.4, -0.2) is 39.6 Å². The lowest BCUT2D eigenvalue weighted by Crippen LogP contribution is -2.44. The Hall–Kier alpha value is -1.87. The molecule has 1 saturated heterocycles. The Kier molecular flexibility index (Phi) is 6.44. The lowest BCUT2D eigenvalue weighted by Gasteiger charge is -2.29. The highest BCUT2D eigenvalue weighted by atomic mass is 35.5. The molecule has 0 unspecified atom stereocenters. The van der Waals surface area contributed by atoms with Crippen LogP contribution in [0.1, 0.15) is 12.5 Å². The Morgan fingerprint density at radius 3 is 2.79 bits per heavy atom. The molecule has 150 valence electrons. The second kappa shape index (κ2) is 8.65. The van der Waals surface area contributed by atoms with Gasteiger partial charge in [0.1, 0.15) is 10.7 Å². The summed E-state index contributed by atoms with van der Waals surface area (Å²) in [4.78, 5) is 6.98. The molecule has 0 aliphatic carbocycles. The van der Waals surface area contributed by atoms with Gasteiger partial charge in [0.25, 0.3) is 10.0 Å². The Bertz CT molecular complexity index is 1060. The number of fused-ring (bicyclic) bond motifs is 1. The SMILES string of the molecule is CCc1cccc(NS(=O)(=O)c2csc3ccnc(N4CCNCC4)c23)c1.Cl. The molecule has 2 aromatic heterocycles. The van der Waals surface area contributed by atoms with E-state index >= 15 is 0 Å². The van der Waals surface area contributed by atoms with Crippen molar-refractivity contribution in [2.75, 3.05) is 35.8 Å². The molecule has 0 bridgehead atoms. The summed E-state index contributed by atoms with van der Waals surface area (Å²) in [5.74, 6) is 0.748. The monoisotopic (exact) mass is 438 g/mol. The minimum atomic E-state index is -3.70. The molecule has 1 aromatic carbocycles. The predicted molar refractivity (Wildman–Crippen MR) is 119 cm³/mol. The van der Waals surface area contributed by atoms with Crippen LogP contribution >= 0.6 is 23.7 Å². The molecule has 0 amide bonds. The second-order valence-electron chi connectivity index (χ2n) is 6.50. The van der Waals surface area contributed by atoms with Gasteiger partial charge in [-0.3, -0.25) is 4.72 Å². The molecular formula is C19H23ClN4O2S2. The first-order valence-corrected chi connectivity index (χ1v) is 11.4. The number of aryl methyl sites for hydroxylation is 1. The fourth-order valence-electron chi connectivity index (χ4n) is 3.32. The van der Waals surface area contributed by atoms with Crippen molar-refractivity contribution in [2.24, 2.45) is 0 Å². The number of benzene rings is 1. The van der Waals surface area contributed by atoms with Crippen molar-refractivity contribution in [3.63, 3.8) is 0 Å². The van der Waals surface area contributed by atoms with E-state index in [0.717, 1.165) is 48.7 Å². The highest BCUT2D eigenvalue weighted by Gasteiger charge is 2.25. The summed E-state index contributed by atoms with van der Waals surface area (Å²) in [5, 5.41) is 5.74. The maximum atomic E-state index is 13.1. The van der Waals surface area contributed by atoms with Crippen molar-refractivity contribution in [3.05, 3.63) is 47.5 Å². The standard InChI is InChI=1S/C19H22N4O2S2.ClH/c1-2-14-4-3-5-15(12-14)22-27(24,25)17-13-26-16-6-7-21-19(18(16)17)23-10-8-20-9-11-23;/h3-7,12-13,20,22H,2,8-11H2,1H3;1H. The van der Waals surface area contributed by atoms with Gasteiger partial charge < -0.3 is 10.2 Å². The van der Waals surface area contributed by atoms with Crippen LogP contribution in [0.3, 0.4) is 0 Å². The van der Waals surface area contributed by atoms with Crippen LogP contribution in [0.4, 0.5) is 11.5 Å². The van der Waals surface area contributed by atoms with Gasteiger partial charge in [0.05, 0.1) is 5.39 Å². The van der Waals surface area contributed by atoms with Gasteiger partial charge in [-0.25, -0.2) is 13.4 Å². The number of nitrogens with zero attached hydrogens (tertiary/aromatic N) is 2. The molecule has 2 N–H and O–H groups in total. The Balaban J connectivity index is 0.00000225. The summed E-state index contributed by atoms with van der Waals surface area (Å²) in [5.41, 5.74) is 1.68. The quantitative estimate of drug-likeness (QED) is 0.637. The average Bonchev–Trinajstić information content (AvgIpc) is 3.14. The van der Waals surface area contributed by atoms with E-state index in [1.54, 1.807) is 17.6 Å². The van der Waals surface area contributed by atoms with Crippen molar-refractivity contribution < 1.29 is 8.42 Å². The van der Waals surface area contributed by atoms with Crippen LogP contribution in [0.25, 0.3) is 10.1 Å². The van der Waals surface area contributed by atoms with Gasteiger partial charge in [-0.05, 0) is 30.2 Å². The molecule has 3 heterocycles. The molecule has 0 atom stereocenters. The number of piperazine rings is 1. The maximum Gasteiger partial charge on any atom is 0.263 e. The van der Waals surface area contributed by atoms with Gasteiger partial charge in [-0.15, -0.1) is 23.7 Å². The first-order valence-electron chi connectivity index (χ1n) is 9.02. The van der Waals surface area contributed by atoms with E-state index in [1.807, 2.05) is 31.2 Å². The van der Waals surface area contributed by atoms with Crippen LogP contribution in [0.15, 0.2) is 46.8 Å². The van der Waals surface area contributed by atoms with E-state index in [2.05, 4.69) is 19.9 Å². The molecule has 0 spiro atoms. The minimum Gasteiger partial charge on any atom is -0.353 e. The Morgan fingerprint density at radius 1 is 1.25 bits per heavy atom. The number of halogens is 1. The van der Waals surface area contributed by atoms with Crippen LogP contribution in [0, 0.1) is 0 Å². The van der Waals surface area contributed by atoms with Gasteiger partial charge >= 0.3 is 0 Å². The van der Waals surface area contributed by atoms with Crippen molar-refractivity contribution in [3.8, 4) is 0 Å². The van der Waals surface area contributed by atoms with Gasteiger partial charge in [-0.2, -0.15) is 0 Å². The molecule has 9 heteroatoms. The molecular weight excluding hydrogens is 416 g/mol. The van der Waals surface area contributed by atoms with Crippen molar-refractivity contribution in [1.82, 2.24) is 10.3 Å². The largest absolute Gasteiger partial charge is 0.353 e.